The molecule has 0 fully saturated rings. The van der Waals surface area contributed by atoms with Crippen molar-refractivity contribution in [3.05, 3.63) is 143 Å². The van der Waals surface area contributed by atoms with Crippen LogP contribution in [0.4, 0.5) is 0 Å². The second-order valence-electron chi connectivity index (χ2n) is 10.3. The molecule has 0 amide bonds. The monoisotopic (exact) mass is 653 g/mol. The summed E-state index contributed by atoms with van der Waals surface area (Å²) in [6.45, 7) is 6.83. The third-order valence-corrected chi connectivity index (χ3v) is 9.19. The summed E-state index contributed by atoms with van der Waals surface area (Å²) in [6.07, 6.45) is 12.5. The quantitative estimate of drug-likeness (QED) is 0.233. The normalized spacial score (nSPS) is 11.9. The molecule has 0 heterocycles. The van der Waals surface area contributed by atoms with Gasteiger partial charge in [0.05, 0.1) is 0 Å². The van der Waals surface area contributed by atoms with Gasteiger partial charge in [-0.2, -0.15) is 0 Å². The Morgan fingerprint density at radius 1 is 0.780 bits per heavy atom. The molecule has 0 nitrogen and oxygen atoms in total. The molecule has 1 aliphatic rings. The van der Waals surface area contributed by atoms with Gasteiger partial charge in [-0.3, -0.25) is 0 Å². The molecule has 0 atom stereocenters. The first-order chi connectivity index (χ1) is 19.1. The van der Waals surface area contributed by atoms with E-state index in [0.29, 0.717) is 0 Å². The summed E-state index contributed by atoms with van der Waals surface area (Å²) in [6, 6.07) is 33.0. The van der Waals surface area contributed by atoms with E-state index in [4.69, 9.17) is 0 Å². The zero-order valence-corrected chi connectivity index (χ0v) is 28.2. The topological polar surface area (TPSA) is 0 Å². The predicted molar refractivity (Wildman–Crippen MR) is 168 cm³/mol. The van der Waals surface area contributed by atoms with E-state index >= 15 is 0 Å². The molecule has 0 bridgehead atoms. The van der Waals surface area contributed by atoms with Crippen molar-refractivity contribution in [3.63, 3.8) is 0 Å². The number of fused-ring (bicyclic) bond motifs is 3. The number of hydrogen-bond acceptors (Lipinski definition) is 0. The molecule has 0 aliphatic heterocycles. The van der Waals surface area contributed by atoms with Crippen molar-refractivity contribution < 1.29 is 49.0 Å². The average Bonchev–Trinajstić information content (AvgIpc) is 3.65. The fourth-order valence-corrected chi connectivity index (χ4v) is 6.61. The molecular formula is C38H37Cl2Zr-. The molecule has 3 heteroatoms. The van der Waals surface area contributed by atoms with E-state index in [1.165, 1.54) is 89.7 Å². The van der Waals surface area contributed by atoms with Gasteiger partial charge in [0, 0.05) is 0 Å². The fourth-order valence-electron chi connectivity index (χ4n) is 5.79. The molecule has 0 saturated heterocycles. The maximum absolute atomic E-state index is 2.48. The molecular weight excluding hydrogens is 619 g/mol. The molecule has 208 valence electrons. The minimum absolute atomic E-state index is 0. The van der Waals surface area contributed by atoms with Gasteiger partial charge in [-0.05, 0) is 25.7 Å². The van der Waals surface area contributed by atoms with Crippen LogP contribution < -0.4 is 24.8 Å². The van der Waals surface area contributed by atoms with E-state index < -0.39 is 0 Å². The molecule has 0 unspecified atom stereocenters. The van der Waals surface area contributed by atoms with Crippen molar-refractivity contribution in [1.29, 1.82) is 0 Å². The van der Waals surface area contributed by atoms with Crippen LogP contribution in [-0.4, -0.2) is 3.21 Å². The Kier molecular flexibility index (Phi) is 12.7. The van der Waals surface area contributed by atoms with Crippen LogP contribution in [0, 0.1) is 0 Å². The Balaban J connectivity index is 0.000000248. The Hall–Kier alpha value is -2.44. The molecule has 5 aromatic rings. The third kappa shape index (κ3) is 7.32. The molecule has 0 aromatic heterocycles. The van der Waals surface area contributed by atoms with E-state index in [2.05, 4.69) is 130 Å². The zero-order chi connectivity index (χ0) is 27.2. The number of benzene rings is 4. The second kappa shape index (κ2) is 15.7. The molecule has 6 rings (SSSR count). The van der Waals surface area contributed by atoms with Gasteiger partial charge in [0.25, 0.3) is 0 Å². The van der Waals surface area contributed by atoms with Crippen LogP contribution in [0.15, 0.2) is 109 Å². The van der Waals surface area contributed by atoms with Gasteiger partial charge >= 0.3 is 99.2 Å². The van der Waals surface area contributed by atoms with E-state index in [-0.39, 0.29) is 24.8 Å². The van der Waals surface area contributed by atoms with Crippen LogP contribution in [0.5, 0.6) is 0 Å². The van der Waals surface area contributed by atoms with Crippen molar-refractivity contribution in [2.24, 2.45) is 0 Å². The first-order valence-electron chi connectivity index (χ1n) is 14.4. The molecule has 0 saturated carbocycles. The van der Waals surface area contributed by atoms with Crippen LogP contribution in [0.25, 0.3) is 27.1 Å². The van der Waals surface area contributed by atoms with Crippen LogP contribution in [-0.2, 0) is 43.5 Å². The minimum atomic E-state index is 0. The predicted octanol–water partition coefficient (Wildman–Crippen LogP) is 3.94. The van der Waals surface area contributed by atoms with E-state index in [1.807, 2.05) is 0 Å². The van der Waals surface area contributed by atoms with E-state index in [1.54, 1.807) is 11.1 Å². The summed E-state index contributed by atoms with van der Waals surface area (Å²) >= 11 is 1.46. The fraction of sp³-hybridized carbons (Fsp3) is 0.211. The van der Waals surface area contributed by atoms with Gasteiger partial charge < -0.3 is 24.8 Å². The summed E-state index contributed by atoms with van der Waals surface area (Å²) in [5.74, 6) is 0. The first-order valence-corrected chi connectivity index (χ1v) is 15.6. The average molecular weight is 656 g/mol. The number of aryl methyl sites for hydroxylation is 2. The third-order valence-electron chi connectivity index (χ3n) is 7.77. The molecule has 0 radical (unpaired) electrons. The molecule has 41 heavy (non-hydrogen) atoms. The Morgan fingerprint density at radius 2 is 1.44 bits per heavy atom. The van der Waals surface area contributed by atoms with Crippen molar-refractivity contribution in [2.75, 3.05) is 0 Å². The molecule has 1 aliphatic carbocycles. The van der Waals surface area contributed by atoms with Crippen LogP contribution in [0.1, 0.15) is 67.0 Å². The van der Waals surface area contributed by atoms with Gasteiger partial charge in [-0.25, -0.2) is 0 Å². The van der Waals surface area contributed by atoms with Crippen molar-refractivity contribution in [1.82, 2.24) is 0 Å². The van der Waals surface area contributed by atoms with Crippen molar-refractivity contribution in [3.8, 4) is 0 Å². The summed E-state index contributed by atoms with van der Waals surface area (Å²) in [4.78, 5) is 0. The van der Waals surface area contributed by atoms with E-state index in [9.17, 15) is 0 Å². The summed E-state index contributed by atoms with van der Waals surface area (Å²) in [5, 5.41) is 5.72. The SMILES string of the molecule is CCCc1cc2c([cH-]c3cc(CC)ccc32)c(C2=CC=CC2)c1CC.[Cl-].[Cl-].[Zr+2]=[C](c1ccccc1)c1ccccc1. The van der Waals surface area contributed by atoms with E-state index in [0.717, 1.165) is 19.3 Å². The van der Waals surface area contributed by atoms with Gasteiger partial charge in [0.2, 0.25) is 0 Å². The molecule has 0 spiro atoms. The summed E-state index contributed by atoms with van der Waals surface area (Å²) in [7, 11) is 0. The van der Waals surface area contributed by atoms with Crippen molar-refractivity contribution >= 4 is 30.3 Å². The summed E-state index contributed by atoms with van der Waals surface area (Å²) < 4.78 is 1.42. The first kappa shape index (κ1) is 33.1. The Morgan fingerprint density at radius 3 is 1.98 bits per heavy atom. The number of allylic oxidation sites excluding steroid dienone is 4. The van der Waals surface area contributed by atoms with Crippen LogP contribution in [0.2, 0.25) is 0 Å². The number of rotatable bonds is 7. The second-order valence-corrected chi connectivity index (χ2v) is 11.5. The van der Waals surface area contributed by atoms with Crippen molar-refractivity contribution in [2.45, 2.75) is 52.9 Å². The Bertz CT molecular complexity index is 1620. The zero-order valence-electron chi connectivity index (χ0n) is 24.2. The van der Waals surface area contributed by atoms with Gasteiger partial charge in [0.15, 0.2) is 0 Å². The van der Waals surface area contributed by atoms with Gasteiger partial charge in [0.1, 0.15) is 0 Å². The molecule has 5 aromatic carbocycles. The molecule has 0 N–H and O–H groups in total. The van der Waals surface area contributed by atoms with Gasteiger partial charge in [-0.15, -0.1) is 33.7 Å². The van der Waals surface area contributed by atoms with Crippen LogP contribution in [0.3, 0.4) is 0 Å². The number of hydrogen-bond donors (Lipinski definition) is 0. The van der Waals surface area contributed by atoms with Crippen LogP contribution >= 0.6 is 0 Å². The van der Waals surface area contributed by atoms with Gasteiger partial charge in [-0.1, -0.05) is 91.4 Å². The standard InChI is InChI=1S/C25H27.C13H10.2ClH.Zr/c1-4-9-19-15-23-22-13-12-17(5-2)14-20(22)16-24(23)25(21(19)6-3)18-10-7-8-11-18;1-3-7-12(8-4-1)11-13-9-5-2-6-10-13;;;/h7-8,10,12-16H,4-6,9,11H2,1-3H3;1-10H;2*1H;/q-1;;;;+2/p-2. The number of halogens is 2. The Labute approximate surface area is 273 Å². The summed E-state index contributed by atoms with van der Waals surface area (Å²) in [5.41, 5.74) is 10.2. The maximum atomic E-state index is 2.48.